The SMILES string of the molecule is O=C(OCC1CO1)C1C=CCCC1C(=O)OCC1CO1. The van der Waals surface area contributed by atoms with Gasteiger partial charge in [-0.15, -0.1) is 0 Å². The molecule has 4 unspecified atom stereocenters. The molecule has 3 aliphatic rings. The first kappa shape index (κ1) is 13.6. The van der Waals surface area contributed by atoms with Crippen LogP contribution in [0.1, 0.15) is 12.8 Å². The maximum atomic E-state index is 12.1. The van der Waals surface area contributed by atoms with Crippen molar-refractivity contribution in [2.75, 3.05) is 26.4 Å². The average Bonchev–Trinajstić information content (AvgIpc) is 3.36. The van der Waals surface area contributed by atoms with E-state index >= 15 is 0 Å². The maximum Gasteiger partial charge on any atom is 0.313 e. The smallest absolute Gasteiger partial charge is 0.313 e. The second-order valence-electron chi connectivity index (χ2n) is 5.31. The highest BCUT2D eigenvalue weighted by Crippen LogP contribution is 2.28. The second kappa shape index (κ2) is 5.93. The van der Waals surface area contributed by atoms with Gasteiger partial charge in [0.05, 0.1) is 25.0 Å². The Morgan fingerprint density at radius 3 is 2.25 bits per heavy atom. The molecule has 4 atom stereocenters. The van der Waals surface area contributed by atoms with Crippen molar-refractivity contribution in [2.24, 2.45) is 11.8 Å². The maximum absolute atomic E-state index is 12.1. The van der Waals surface area contributed by atoms with E-state index in [-0.39, 0.29) is 37.4 Å². The number of allylic oxidation sites excluding steroid dienone is 1. The average molecular weight is 282 g/mol. The molecule has 0 radical (unpaired) electrons. The van der Waals surface area contributed by atoms with Crippen molar-refractivity contribution >= 4 is 11.9 Å². The van der Waals surface area contributed by atoms with E-state index < -0.39 is 11.8 Å². The second-order valence-corrected chi connectivity index (χ2v) is 5.31. The summed E-state index contributed by atoms with van der Waals surface area (Å²) in [6.45, 7) is 1.82. The van der Waals surface area contributed by atoms with E-state index in [1.807, 2.05) is 6.08 Å². The van der Waals surface area contributed by atoms with Gasteiger partial charge >= 0.3 is 11.9 Å². The van der Waals surface area contributed by atoms with Gasteiger partial charge in [0, 0.05) is 0 Å². The van der Waals surface area contributed by atoms with Gasteiger partial charge in [-0.25, -0.2) is 0 Å². The van der Waals surface area contributed by atoms with E-state index in [1.165, 1.54) is 0 Å². The molecule has 0 bridgehead atoms. The molecule has 2 heterocycles. The van der Waals surface area contributed by atoms with Gasteiger partial charge in [0.1, 0.15) is 25.4 Å². The van der Waals surface area contributed by atoms with Gasteiger partial charge in [-0.05, 0) is 12.8 Å². The van der Waals surface area contributed by atoms with Crippen LogP contribution in [0.15, 0.2) is 12.2 Å². The van der Waals surface area contributed by atoms with Crippen molar-refractivity contribution in [3.63, 3.8) is 0 Å². The minimum absolute atomic E-state index is 0.0314. The Kier molecular flexibility index (Phi) is 4.03. The van der Waals surface area contributed by atoms with Crippen LogP contribution in [0.25, 0.3) is 0 Å². The van der Waals surface area contributed by atoms with E-state index in [9.17, 15) is 9.59 Å². The van der Waals surface area contributed by atoms with Gasteiger partial charge in [0.15, 0.2) is 0 Å². The number of esters is 2. The highest BCUT2D eigenvalue weighted by atomic mass is 16.6. The fraction of sp³-hybridized carbons (Fsp3) is 0.714. The molecular formula is C14H18O6. The van der Waals surface area contributed by atoms with Crippen molar-refractivity contribution in [3.8, 4) is 0 Å². The Morgan fingerprint density at radius 2 is 1.65 bits per heavy atom. The van der Waals surface area contributed by atoms with Gasteiger partial charge in [0.25, 0.3) is 0 Å². The lowest BCUT2D eigenvalue weighted by atomic mass is 9.84. The Labute approximate surface area is 117 Å². The fourth-order valence-electron chi connectivity index (χ4n) is 2.22. The summed E-state index contributed by atoms with van der Waals surface area (Å²) in [5.74, 6) is -1.71. The van der Waals surface area contributed by atoms with Gasteiger partial charge < -0.3 is 18.9 Å². The third kappa shape index (κ3) is 3.58. The molecule has 6 heteroatoms. The molecule has 110 valence electrons. The molecule has 0 saturated carbocycles. The Hall–Kier alpha value is -1.40. The molecule has 2 fully saturated rings. The third-order valence-electron chi connectivity index (χ3n) is 3.62. The quantitative estimate of drug-likeness (QED) is 0.400. The van der Waals surface area contributed by atoms with E-state index in [4.69, 9.17) is 18.9 Å². The van der Waals surface area contributed by atoms with Crippen LogP contribution >= 0.6 is 0 Å². The summed E-state index contributed by atoms with van der Waals surface area (Å²) in [7, 11) is 0. The third-order valence-corrected chi connectivity index (χ3v) is 3.62. The Bertz CT molecular complexity index is 410. The molecule has 0 aromatic rings. The van der Waals surface area contributed by atoms with Gasteiger partial charge in [-0.3, -0.25) is 9.59 Å². The zero-order valence-corrected chi connectivity index (χ0v) is 11.2. The highest BCUT2D eigenvalue weighted by Gasteiger charge is 2.37. The van der Waals surface area contributed by atoms with Crippen LogP contribution in [0.2, 0.25) is 0 Å². The number of carbonyl (C=O) groups is 2. The lowest BCUT2D eigenvalue weighted by molar-refractivity contribution is -0.160. The summed E-state index contributed by atoms with van der Waals surface area (Å²) in [4.78, 5) is 24.1. The number of epoxide rings is 2. The van der Waals surface area contributed by atoms with E-state index in [0.29, 0.717) is 19.6 Å². The minimum Gasteiger partial charge on any atom is -0.463 e. The van der Waals surface area contributed by atoms with E-state index in [1.54, 1.807) is 6.08 Å². The van der Waals surface area contributed by atoms with Crippen LogP contribution in [0, 0.1) is 11.8 Å². The van der Waals surface area contributed by atoms with E-state index in [2.05, 4.69) is 0 Å². The normalized spacial score (nSPS) is 34.4. The Balaban J connectivity index is 1.53. The first-order chi connectivity index (χ1) is 9.74. The number of hydrogen-bond acceptors (Lipinski definition) is 6. The summed E-state index contributed by atoms with van der Waals surface area (Å²) in [5.41, 5.74) is 0. The van der Waals surface area contributed by atoms with Crippen LogP contribution in [-0.2, 0) is 28.5 Å². The fourth-order valence-corrected chi connectivity index (χ4v) is 2.22. The van der Waals surface area contributed by atoms with Crippen molar-refractivity contribution in [1.29, 1.82) is 0 Å². The topological polar surface area (TPSA) is 77.7 Å². The molecule has 0 spiro atoms. The van der Waals surface area contributed by atoms with Gasteiger partial charge in [0.2, 0.25) is 0 Å². The molecule has 2 saturated heterocycles. The van der Waals surface area contributed by atoms with Crippen LogP contribution in [0.5, 0.6) is 0 Å². The molecule has 2 aliphatic heterocycles. The van der Waals surface area contributed by atoms with Crippen molar-refractivity contribution in [2.45, 2.75) is 25.0 Å². The molecular weight excluding hydrogens is 264 g/mol. The molecule has 0 aromatic heterocycles. The number of ether oxygens (including phenoxy) is 4. The first-order valence-corrected chi connectivity index (χ1v) is 6.97. The molecule has 0 amide bonds. The lowest BCUT2D eigenvalue weighted by Gasteiger charge is -2.24. The number of rotatable bonds is 6. The monoisotopic (exact) mass is 282 g/mol. The lowest BCUT2D eigenvalue weighted by Crippen LogP contribution is -2.34. The van der Waals surface area contributed by atoms with Crippen LogP contribution in [0.3, 0.4) is 0 Å². The summed E-state index contributed by atoms with van der Waals surface area (Å²) < 4.78 is 20.4. The zero-order chi connectivity index (χ0) is 13.9. The largest absolute Gasteiger partial charge is 0.463 e. The Morgan fingerprint density at radius 1 is 1.05 bits per heavy atom. The summed E-state index contributed by atoms with van der Waals surface area (Å²) in [6, 6.07) is 0. The number of carbonyl (C=O) groups excluding carboxylic acids is 2. The number of hydrogen-bond donors (Lipinski definition) is 0. The predicted molar refractivity (Wildman–Crippen MR) is 66.8 cm³/mol. The zero-order valence-electron chi connectivity index (χ0n) is 11.2. The molecule has 20 heavy (non-hydrogen) atoms. The van der Waals surface area contributed by atoms with E-state index in [0.717, 1.165) is 6.42 Å². The van der Waals surface area contributed by atoms with Crippen LogP contribution in [0.4, 0.5) is 0 Å². The van der Waals surface area contributed by atoms with Crippen molar-refractivity contribution in [1.82, 2.24) is 0 Å². The standard InChI is InChI=1S/C14H18O6/c15-13(19-7-9-5-17-9)11-3-1-2-4-12(11)14(16)20-8-10-6-18-10/h1,3,9-12H,2,4-8H2. The van der Waals surface area contributed by atoms with Gasteiger partial charge in [-0.1, -0.05) is 12.2 Å². The summed E-state index contributed by atoms with van der Waals surface area (Å²) in [5, 5.41) is 0. The van der Waals surface area contributed by atoms with Crippen molar-refractivity contribution < 1.29 is 28.5 Å². The first-order valence-electron chi connectivity index (χ1n) is 6.97. The summed E-state index contributed by atoms with van der Waals surface area (Å²) >= 11 is 0. The minimum atomic E-state index is -0.546. The predicted octanol–water partition coefficient (Wildman–Crippen LogP) is 0.453. The molecule has 3 rings (SSSR count). The van der Waals surface area contributed by atoms with Crippen LogP contribution in [-0.4, -0.2) is 50.6 Å². The molecule has 0 N–H and O–H groups in total. The molecule has 6 nitrogen and oxygen atoms in total. The van der Waals surface area contributed by atoms with Crippen LogP contribution < -0.4 is 0 Å². The van der Waals surface area contributed by atoms with Crippen molar-refractivity contribution in [3.05, 3.63) is 12.2 Å². The highest BCUT2D eigenvalue weighted by molar-refractivity contribution is 5.84. The van der Waals surface area contributed by atoms with Gasteiger partial charge in [-0.2, -0.15) is 0 Å². The molecule has 1 aliphatic carbocycles. The summed E-state index contributed by atoms with van der Waals surface area (Å²) in [6.07, 6.45) is 5.11. The molecule has 0 aromatic carbocycles.